The first-order valence-electron chi connectivity index (χ1n) is 8.23. The zero-order chi connectivity index (χ0) is 16.8. The molecule has 0 unspecified atom stereocenters. The van der Waals surface area contributed by atoms with Crippen molar-refractivity contribution < 1.29 is 9.90 Å². The number of carbonyl (C=O) groups is 1. The van der Waals surface area contributed by atoms with Crippen LogP contribution >= 0.6 is 0 Å². The number of hydrogen-bond donors (Lipinski definition) is 1. The van der Waals surface area contributed by atoms with Gasteiger partial charge in [-0.15, -0.1) is 0 Å². The molecular weight excluding hydrogens is 304 g/mol. The summed E-state index contributed by atoms with van der Waals surface area (Å²) in [5.41, 5.74) is 2.26. The van der Waals surface area contributed by atoms with Crippen LogP contribution in [0.1, 0.15) is 21.6 Å². The molecule has 2 aromatic rings. The fourth-order valence-corrected chi connectivity index (χ4v) is 2.98. The van der Waals surface area contributed by atoms with Crippen LogP contribution in [0.15, 0.2) is 42.9 Å². The summed E-state index contributed by atoms with van der Waals surface area (Å²) in [5.74, 6) is -0.908. The summed E-state index contributed by atoms with van der Waals surface area (Å²) in [6.07, 6.45) is 6.36. The minimum Gasteiger partial charge on any atom is -0.478 e. The monoisotopic (exact) mass is 326 g/mol. The molecule has 6 nitrogen and oxygen atoms in total. The second-order valence-corrected chi connectivity index (χ2v) is 6.03. The van der Waals surface area contributed by atoms with Gasteiger partial charge in [0, 0.05) is 57.9 Å². The number of aromatic nitrogens is 2. The van der Waals surface area contributed by atoms with E-state index in [0.717, 1.165) is 39.1 Å². The van der Waals surface area contributed by atoms with Crippen molar-refractivity contribution in [2.24, 2.45) is 0 Å². The lowest BCUT2D eigenvalue weighted by Gasteiger charge is -2.34. The van der Waals surface area contributed by atoms with Gasteiger partial charge in [0.1, 0.15) is 0 Å². The molecule has 1 aliphatic rings. The highest BCUT2D eigenvalue weighted by molar-refractivity contribution is 5.88. The molecule has 24 heavy (non-hydrogen) atoms. The van der Waals surface area contributed by atoms with Crippen LogP contribution in [0.5, 0.6) is 0 Å². The van der Waals surface area contributed by atoms with Gasteiger partial charge in [-0.1, -0.05) is 0 Å². The molecule has 0 bridgehead atoms. The molecule has 6 heteroatoms. The number of nitrogens with zero attached hydrogens (tertiary/aromatic N) is 4. The lowest BCUT2D eigenvalue weighted by atomic mass is 10.1. The Morgan fingerprint density at radius 3 is 2.46 bits per heavy atom. The van der Waals surface area contributed by atoms with Gasteiger partial charge in [0.15, 0.2) is 0 Å². The van der Waals surface area contributed by atoms with Crippen LogP contribution < -0.4 is 0 Å². The minimum absolute atomic E-state index is 0.303. The van der Waals surface area contributed by atoms with E-state index in [1.165, 1.54) is 5.56 Å². The van der Waals surface area contributed by atoms with Crippen LogP contribution in [0, 0.1) is 0 Å². The van der Waals surface area contributed by atoms with Gasteiger partial charge in [0.05, 0.1) is 11.3 Å². The molecular formula is C18H22N4O2. The molecule has 0 aliphatic carbocycles. The Labute approximate surface area is 141 Å². The van der Waals surface area contributed by atoms with Crippen LogP contribution in [0.25, 0.3) is 0 Å². The number of aromatic carboxylic acids is 1. The summed E-state index contributed by atoms with van der Waals surface area (Å²) in [5, 5.41) is 9.24. The molecule has 0 aromatic carbocycles. The molecule has 2 aromatic heterocycles. The first kappa shape index (κ1) is 16.5. The van der Waals surface area contributed by atoms with E-state index in [9.17, 15) is 9.90 Å². The van der Waals surface area contributed by atoms with Crippen LogP contribution in [0.3, 0.4) is 0 Å². The average Bonchev–Trinajstić information content (AvgIpc) is 2.62. The van der Waals surface area contributed by atoms with Crippen molar-refractivity contribution in [3.63, 3.8) is 0 Å². The third-order valence-corrected chi connectivity index (χ3v) is 4.42. The fourth-order valence-electron chi connectivity index (χ4n) is 2.98. The van der Waals surface area contributed by atoms with E-state index in [1.54, 1.807) is 18.3 Å². The number of carboxylic acids is 1. The zero-order valence-electron chi connectivity index (χ0n) is 13.6. The average molecular weight is 326 g/mol. The van der Waals surface area contributed by atoms with E-state index in [2.05, 4.69) is 31.9 Å². The van der Waals surface area contributed by atoms with E-state index in [0.29, 0.717) is 17.8 Å². The zero-order valence-corrected chi connectivity index (χ0v) is 13.6. The summed E-state index contributed by atoms with van der Waals surface area (Å²) in [6, 6.07) is 7.41. The van der Waals surface area contributed by atoms with Crippen molar-refractivity contribution in [3.8, 4) is 0 Å². The number of carboxylic acid groups (broad SMARTS) is 1. The summed E-state index contributed by atoms with van der Waals surface area (Å²) in [6.45, 7) is 5.51. The normalized spacial score (nSPS) is 16.2. The molecule has 1 saturated heterocycles. The SMILES string of the molecule is O=C(O)c1cccnc1CN1CCN(CCc2ccncc2)CC1. The minimum atomic E-state index is -0.908. The Balaban J connectivity index is 1.48. The van der Waals surface area contributed by atoms with E-state index in [-0.39, 0.29) is 0 Å². The first-order valence-corrected chi connectivity index (χ1v) is 8.23. The molecule has 3 rings (SSSR count). The Morgan fingerprint density at radius 1 is 1.04 bits per heavy atom. The molecule has 0 saturated carbocycles. The van der Waals surface area contributed by atoms with Crippen LogP contribution in [0.4, 0.5) is 0 Å². The number of rotatable bonds is 6. The third kappa shape index (κ3) is 4.37. The molecule has 0 atom stereocenters. The van der Waals surface area contributed by atoms with Gasteiger partial charge in [0.25, 0.3) is 0 Å². The molecule has 0 spiro atoms. The number of hydrogen-bond acceptors (Lipinski definition) is 5. The maximum absolute atomic E-state index is 11.3. The Hall–Kier alpha value is -2.31. The number of pyridine rings is 2. The highest BCUT2D eigenvalue weighted by Crippen LogP contribution is 2.12. The maximum atomic E-state index is 11.3. The summed E-state index contributed by atoms with van der Waals surface area (Å²) in [7, 11) is 0. The molecule has 1 N–H and O–H groups in total. The Morgan fingerprint density at radius 2 is 1.75 bits per heavy atom. The predicted octanol–water partition coefficient (Wildman–Crippen LogP) is 1.54. The van der Waals surface area contributed by atoms with Crippen LogP contribution in [0.2, 0.25) is 0 Å². The van der Waals surface area contributed by atoms with Crippen molar-refractivity contribution in [1.82, 2.24) is 19.8 Å². The van der Waals surface area contributed by atoms with Gasteiger partial charge >= 0.3 is 5.97 Å². The van der Waals surface area contributed by atoms with Crippen molar-refractivity contribution in [1.29, 1.82) is 0 Å². The summed E-state index contributed by atoms with van der Waals surface area (Å²) in [4.78, 5) is 24.3. The third-order valence-electron chi connectivity index (χ3n) is 4.42. The maximum Gasteiger partial charge on any atom is 0.337 e. The van der Waals surface area contributed by atoms with Crippen molar-refractivity contribution in [3.05, 3.63) is 59.7 Å². The lowest BCUT2D eigenvalue weighted by Crippen LogP contribution is -2.46. The van der Waals surface area contributed by atoms with Crippen LogP contribution in [-0.4, -0.2) is 63.6 Å². The van der Waals surface area contributed by atoms with Crippen LogP contribution in [-0.2, 0) is 13.0 Å². The highest BCUT2D eigenvalue weighted by Gasteiger charge is 2.19. The molecule has 3 heterocycles. The second kappa shape index (κ2) is 7.99. The topological polar surface area (TPSA) is 69.6 Å². The summed E-state index contributed by atoms with van der Waals surface area (Å²) < 4.78 is 0. The van der Waals surface area contributed by atoms with Gasteiger partial charge in [-0.05, 0) is 36.2 Å². The fraction of sp³-hybridized carbons (Fsp3) is 0.389. The van der Waals surface area contributed by atoms with Crippen molar-refractivity contribution in [2.45, 2.75) is 13.0 Å². The number of piperazine rings is 1. The standard InChI is InChI=1S/C18H22N4O2/c23-18(24)16-2-1-6-20-17(16)14-22-12-10-21(11-13-22)9-5-15-3-7-19-8-4-15/h1-4,6-8H,5,9-14H2,(H,23,24). The molecule has 1 aliphatic heterocycles. The molecule has 0 amide bonds. The Bertz CT molecular complexity index is 670. The van der Waals surface area contributed by atoms with E-state index in [4.69, 9.17) is 0 Å². The van der Waals surface area contributed by atoms with Gasteiger partial charge in [-0.3, -0.25) is 14.9 Å². The van der Waals surface area contributed by atoms with Gasteiger partial charge < -0.3 is 10.0 Å². The highest BCUT2D eigenvalue weighted by atomic mass is 16.4. The smallest absolute Gasteiger partial charge is 0.337 e. The van der Waals surface area contributed by atoms with Crippen molar-refractivity contribution in [2.75, 3.05) is 32.7 Å². The second-order valence-electron chi connectivity index (χ2n) is 6.03. The first-order chi connectivity index (χ1) is 11.7. The lowest BCUT2D eigenvalue weighted by molar-refractivity contribution is 0.0692. The van der Waals surface area contributed by atoms with E-state index >= 15 is 0 Å². The van der Waals surface area contributed by atoms with Gasteiger partial charge in [-0.25, -0.2) is 4.79 Å². The van der Waals surface area contributed by atoms with Gasteiger partial charge in [0.2, 0.25) is 0 Å². The van der Waals surface area contributed by atoms with Crippen molar-refractivity contribution >= 4 is 5.97 Å². The molecule has 126 valence electrons. The van der Waals surface area contributed by atoms with E-state index in [1.807, 2.05) is 12.4 Å². The molecule has 1 fully saturated rings. The van der Waals surface area contributed by atoms with E-state index < -0.39 is 5.97 Å². The summed E-state index contributed by atoms with van der Waals surface area (Å²) >= 11 is 0. The van der Waals surface area contributed by atoms with Gasteiger partial charge in [-0.2, -0.15) is 0 Å². The quantitative estimate of drug-likeness (QED) is 0.868. The Kier molecular flexibility index (Phi) is 5.51. The molecule has 0 radical (unpaired) electrons. The largest absolute Gasteiger partial charge is 0.478 e. The predicted molar refractivity (Wildman–Crippen MR) is 90.9 cm³/mol.